The van der Waals surface area contributed by atoms with Crippen LogP contribution in [0.3, 0.4) is 0 Å². The van der Waals surface area contributed by atoms with Crippen LogP contribution in [0.5, 0.6) is 0 Å². The molecular formula is C9H8Cl2S. The van der Waals surface area contributed by atoms with Gasteiger partial charge in [0.2, 0.25) is 0 Å². The van der Waals surface area contributed by atoms with E-state index in [0.29, 0.717) is 10.0 Å². The third-order valence-corrected chi connectivity index (χ3v) is 3.26. The van der Waals surface area contributed by atoms with Crippen LogP contribution < -0.4 is 0 Å². The lowest BCUT2D eigenvalue weighted by atomic mass is 10.4. The fraction of sp³-hybridized carbons (Fsp3) is 0.111. The molecule has 0 fully saturated rings. The minimum Gasteiger partial charge on any atom is -0.120 e. The largest absolute Gasteiger partial charge is 0.120 e. The highest BCUT2D eigenvalue weighted by Crippen LogP contribution is 2.32. The Morgan fingerprint density at radius 2 is 2.17 bits per heavy atom. The van der Waals surface area contributed by atoms with Crippen molar-refractivity contribution in [2.75, 3.05) is 5.75 Å². The van der Waals surface area contributed by atoms with E-state index in [1.54, 1.807) is 17.8 Å². The zero-order valence-corrected chi connectivity index (χ0v) is 8.72. The van der Waals surface area contributed by atoms with Crippen molar-refractivity contribution in [3.63, 3.8) is 0 Å². The van der Waals surface area contributed by atoms with Gasteiger partial charge in [-0.1, -0.05) is 35.3 Å². The summed E-state index contributed by atoms with van der Waals surface area (Å²) in [6.45, 7) is 3.63. The predicted molar refractivity (Wildman–Crippen MR) is 57.4 cm³/mol. The van der Waals surface area contributed by atoms with Gasteiger partial charge in [0.15, 0.2) is 0 Å². The van der Waals surface area contributed by atoms with Crippen molar-refractivity contribution in [1.29, 1.82) is 0 Å². The Bertz CT molecular complexity index is 284. The first kappa shape index (κ1) is 9.97. The van der Waals surface area contributed by atoms with Crippen LogP contribution in [0.15, 0.2) is 35.7 Å². The van der Waals surface area contributed by atoms with Gasteiger partial charge in [-0.05, 0) is 12.1 Å². The maximum Gasteiger partial charge on any atom is 0.0728 e. The molecule has 0 aliphatic rings. The summed E-state index contributed by atoms with van der Waals surface area (Å²) in [6, 6.07) is 5.61. The number of hydrogen-bond donors (Lipinski definition) is 0. The van der Waals surface area contributed by atoms with Crippen molar-refractivity contribution >= 4 is 35.0 Å². The van der Waals surface area contributed by atoms with Gasteiger partial charge in [0.1, 0.15) is 0 Å². The van der Waals surface area contributed by atoms with Crippen molar-refractivity contribution in [3.8, 4) is 0 Å². The fourth-order valence-electron chi connectivity index (χ4n) is 0.744. The second-order valence-electron chi connectivity index (χ2n) is 2.15. The minimum atomic E-state index is 0.603. The van der Waals surface area contributed by atoms with Gasteiger partial charge in [0.25, 0.3) is 0 Å². The lowest BCUT2D eigenvalue weighted by Gasteiger charge is -2.02. The molecule has 0 aliphatic carbocycles. The van der Waals surface area contributed by atoms with E-state index in [0.717, 1.165) is 10.6 Å². The molecule has 1 aromatic rings. The first-order valence-electron chi connectivity index (χ1n) is 3.43. The molecule has 0 spiro atoms. The second kappa shape index (κ2) is 4.80. The van der Waals surface area contributed by atoms with Gasteiger partial charge >= 0.3 is 0 Å². The average molecular weight is 219 g/mol. The Morgan fingerprint density at radius 3 is 2.83 bits per heavy atom. The molecule has 0 unspecified atom stereocenters. The molecule has 0 saturated heterocycles. The molecule has 1 rings (SSSR count). The van der Waals surface area contributed by atoms with Crippen LogP contribution in [0, 0.1) is 0 Å². The van der Waals surface area contributed by atoms with Crippen LogP contribution >= 0.6 is 35.0 Å². The van der Waals surface area contributed by atoms with Gasteiger partial charge in [-0.2, -0.15) is 0 Å². The van der Waals surface area contributed by atoms with Crippen molar-refractivity contribution in [3.05, 3.63) is 40.9 Å². The molecule has 0 saturated carbocycles. The first-order chi connectivity index (χ1) is 5.75. The quantitative estimate of drug-likeness (QED) is 0.540. The SMILES string of the molecule is C=CCSc1cccc(Cl)c1Cl. The fourth-order valence-corrected chi connectivity index (χ4v) is 1.97. The highest BCUT2D eigenvalue weighted by atomic mass is 35.5. The standard InChI is InChI=1S/C9H8Cl2S/c1-2-6-12-8-5-3-4-7(10)9(8)11/h2-5H,1,6H2. The van der Waals surface area contributed by atoms with Gasteiger partial charge in [-0.15, -0.1) is 18.3 Å². The lowest BCUT2D eigenvalue weighted by Crippen LogP contribution is -1.76. The molecule has 12 heavy (non-hydrogen) atoms. The molecule has 1 aromatic carbocycles. The van der Waals surface area contributed by atoms with Crippen molar-refractivity contribution in [2.45, 2.75) is 4.90 Å². The molecule has 0 radical (unpaired) electrons. The predicted octanol–water partition coefficient (Wildman–Crippen LogP) is 4.27. The summed E-state index contributed by atoms with van der Waals surface area (Å²) in [6.07, 6.45) is 1.84. The van der Waals surface area contributed by atoms with E-state index in [9.17, 15) is 0 Å². The van der Waals surface area contributed by atoms with Gasteiger partial charge < -0.3 is 0 Å². The topological polar surface area (TPSA) is 0 Å². The molecule has 0 atom stereocenters. The van der Waals surface area contributed by atoms with E-state index in [4.69, 9.17) is 23.2 Å². The van der Waals surface area contributed by atoms with Crippen LogP contribution in [0.2, 0.25) is 10.0 Å². The van der Waals surface area contributed by atoms with Gasteiger partial charge in [-0.25, -0.2) is 0 Å². The molecule has 0 heterocycles. The van der Waals surface area contributed by atoms with E-state index >= 15 is 0 Å². The zero-order chi connectivity index (χ0) is 8.97. The van der Waals surface area contributed by atoms with Gasteiger partial charge in [-0.3, -0.25) is 0 Å². The minimum absolute atomic E-state index is 0.603. The van der Waals surface area contributed by atoms with Crippen molar-refractivity contribution < 1.29 is 0 Å². The van der Waals surface area contributed by atoms with Crippen LogP contribution in [-0.2, 0) is 0 Å². The summed E-state index contributed by atoms with van der Waals surface area (Å²) in [5, 5.41) is 1.23. The summed E-state index contributed by atoms with van der Waals surface area (Å²) in [5.74, 6) is 0.847. The van der Waals surface area contributed by atoms with E-state index in [1.807, 2.05) is 18.2 Å². The number of rotatable bonds is 3. The van der Waals surface area contributed by atoms with Gasteiger partial charge in [0.05, 0.1) is 10.0 Å². The van der Waals surface area contributed by atoms with E-state index in [2.05, 4.69) is 6.58 Å². The van der Waals surface area contributed by atoms with Crippen LogP contribution in [0.4, 0.5) is 0 Å². The highest BCUT2D eigenvalue weighted by Gasteiger charge is 2.02. The molecule has 3 heteroatoms. The first-order valence-corrected chi connectivity index (χ1v) is 5.17. The smallest absolute Gasteiger partial charge is 0.0728 e. The number of benzene rings is 1. The Kier molecular flexibility index (Phi) is 3.99. The van der Waals surface area contributed by atoms with Crippen molar-refractivity contribution in [2.24, 2.45) is 0 Å². The molecule has 0 aliphatic heterocycles. The average Bonchev–Trinajstić information content (AvgIpc) is 2.08. The van der Waals surface area contributed by atoms with E-state index in [-0.39, 0.29) is 0 Å². The summed E-state index contributed by atoms with van der Waals surface area (Å²) in [4.78, 5) is 1.00. The Morgan fingerprint density at radius 1 is 1.42 bits per heavy atom. The summed E-state index contributed by atoms with van der Waals surface area (Å²) >= 11 is 13.4. The molecule has 0 aromatic heterocycles. The number of hydrogen-bond acceptors (Lipinski definition) is 1. The maximum atomic E-state index is 5.94. The van der Waals surface area contributed by atoms with Gasteiger partial charge in [0, 0.05) is 10.6 Å². The highest BCUT2D eigenvalue weighted by molar-refractivity contribution is 7.99. The molecule has 0 amide bonds. The molecule has 0 nitrogen and oxygen atoms in total. The Balaban J connectivity index is 2.84. The normalized spacial score (nSPS) is 9.83. The number of thioether (sulfide) groups is 1. The molecule has 0 N–H and O–H groups in total. The summed E-state index contributed by atoms with van der Waals surface area (Å²) in [7, 11) is 0. The molecular weight excluding hydrogens is 211 g/mol. The Hall–Kier alpha value is -0.110. The molecule has 64 valence electrons. The summed E-state index contributed by atoms with van der Waals surface area (Å²) in [5.41, 5.74) is 0. The van der Waals surface area contributed by atoms with E-state index in [1.165, 1.54) is 0 Å². The monoisotopic (exact) mass is 218 g/mol. The van der Waals surface area contributed by atoms with Crippen LogP contribution in [0.1, 0.15) is 0 Å². The third-order valence-electron chi connectivity index (χ3n) is 1.27. The van der Waals surface area contributed by atoms with Crippen molar-refractivity contribution in [1.82, 2.24) is 0 Å². The Labute approximate surface area is 86.6 Å². The summed E-state index contributed by atoms with van der Waals surface area (Å²) < 4.78 is 0. The van der Waals surface area contributed by atoms with E-state index < -0.39 is 0 Å². The zero-order valence-electron chi connectivity index (χ0n) is 6.39. The second-order valence-corrected chi connectivity index (χ2v) is 4.00. The third kappa shape index (κ3) is 2.44. The lowest BCUT2D eigenvalue weighted by molar-refractivity contribution is 1.46. The maximum absolute atomic E-state index is 5.94. The van der Waals surface area contributed by atoms with Crippen LogP contribution in [0.25, 0.3) is 0 Å². The van der Waals surface area contributed by atoms with Crippen LogP contribution in [-0.4, -0.2) is 5.75 Å². The number of halogens is 2. The molecule has 0 bridgehead atoms.